The van der Waals surface area contributed by atoms with E-state index < -0.39 is 0 Å². The average molecular weight is 211 g/mol. The average Bonchev–Trinajstić information content (AvgIpc) is 2.22. The molecule has 0 saturated carbocycles. The minimum Gasteiger partial charge on any atom is -0.338 e. The zero-order valence-corrected chi connectivity index (χ0v) is 9.51. The summed E-state index contributed by atoms with van der Waals surface area (Å²) in [5, 5.41) is 6.33. The van der Waals surface area contributed by atoms with Crippen molar-refractivity contribution in [3.05, 3.63) is 0 Å². The van der Waals surface area contributed by atoms with Crippen molar-refractivity contribution >= 4 is 6.03 Å². The van der Waals surface area contributed by atoms with Crippen LogP contribution < -0.4 is 10.6 Å². The highest BCUT2D eigenvalue weighted by Crippen LogP contribution is 2.26. The minimum atomic E-state index is 0.119. The van der Waals surface area contributed by atoms with Crippen molar-refractivity contribution in [3.63, 3.8) is 0 Å². The molecule has 15 heavy (non-hydrogen) atoms. The first-order valence-corrected chi connectivity index (χ1v) is 5.93. The molecule has 1 atom stereocenters. The lowest BCUT2D eigenvalue weighted by molar-refractivity contribution is 0.130. The van der Waals surface area contributed by atoms with Crippen LogP contribution in [0.3, 0.4) is 0 Å². The van der Waals surface area contributed by atoms with Crippen molar-refractivity contribution in [1.29, 1.82) is 0 Å². The van der Waals surface area contributed by atoms with Crippen LogP contribution in [-0.2, 0) is 0 Å². The second-order valence-electron chi connectivity index (χ2n) is 5.10. The molecule has 2 aliphatic rings. The molecule has 0 aromatic heterocycles. The molecular formula is C11H21N3O. The molecule has 2 aliphatic heterocycles. The van der Waals surface area contributed by atoms with Crippen LogP contribution in [0.4, 0.5) is 4.79 Å². The Kier molecular flexibility index (Phi) is 3.14. The summed E-state index contributed by atoms with van der Waals surface area (Å²) in [5.41, 5.74) is 0.271. The Bertz CT molecular complexity index is 236. The molecule has 2 rings (SSSR count). The van der Waals surface area contributed by atoms with Gasteiger partial charge in [-0.3, -0.25) is 0 Å². The minimum absolute atomic E-state index is 0.119. The second kappa shape index (κ2) is 4.39. The summed E-state index contributed by atoms with van der Waals surface area (Å²) in [6.07, 6.45) is 3.53. The highest BCUT2D eigenvalue weighted by atomic mass is 16.2. The molecule has 0 bridgehead atoms. The van der Waals surface area contributed by atoms with Crippen LogP contribution in [0.1, 0.15) is 26.2 Å². The summed E-state index contributed by atoms with van der Waals surface area (Å²) in [4.78, 5) is 13.6. The third-order valence-electron chi connectivity index (χ3n) is 3.43. The molecule has 1 unspecified atom stereocenters. The fourth-order valence-electron chi connectivity index (χ4n) is 2.54. The summed E-state index contributed by atoms with van der Waals surface area (Å²) in [5.74, 6) is 0. The monoisotopic (exact) mass is 211 g/mol. The van der Waals surface area contributed by atoms with E-state index in [1.165, 1.54) is 12.8 Å². The van der Waals surface area contributed by atoms with Crippen molar-refractivity contribution < 1.29 is 4.79 Å². The first kappa shape index (κ1) is 10.7. The maximum Gasteiger partial charge on any atom is 0.317 e. The van der Waals surface area contributed by atoms with Gasteiger partial charge in [0.2, 0.25) is 0 Å². The van der Waals surface area contributed by atoms with Gasteiger partial charge in [-0.25, -0.2) is 4.79 Å². The van der Waals surface area contributed by atoms with Crippen LogP contribution in [-0.4, -0.2) is 43.7 Å². The van der Waals surface area contributed by atoms with Crippen LogP contribution in [0.2, 0.25) is 0 Å². The summed E-state index contributed by atoms with van der Waals surface area (Å²) in [6.45, 7) is 7.09. The van der Waals surface area contributed by atoms with E-state index in [0.29, 0.717) is 0 Å². The second-order valence-corrected chi connectivity index (χ2v) is 5.10. The van der Waals surface area contributed by atoms with Gasteiger partial charge >= 0.3 is 6.03 Å². The molecule has 0 aromatic carbocycles. The third-order valence-corrected chi connectivity index (χ3v) is 3.43. The van der Waals surface area contributed by atoms with Crippen molar-refractivity contribution in [2.24, 2.45) is 5.41 Å². The molecule has 0 spiro atoms. The number of piperidine rings is 1. The molecule has 0 radical (unpaired) electrons. The number of nitrogens with one attached hydrogen (secondary N) is 2. The maximum atomic E-state index is 11.6. The standard InChI is InChI=1S/C11H21N3O/c1-11(4-2-5-12-8-11)9-14-7-3-6-13-10(14)15/h12H,2-9H2,1H3,(H,13,15). The Hall–Kier alpha value is -0.770. The predicted molar refractivity (Wildman–Crippen MR) is 59.8 cm³/mol. The molecule has 86 valence electrons. The van der Waals surface area contributed by atoms with Gasteiger partial charge in [-0.15, -0.1) is 0 Å². The van der Waals surface area contributed by atoms with Crippen LogP contribution in [0.15, 0.2) is 0 Å². The summed E-state index contributed by atoms with van der Waals surface area (Å²) >= 11 is 0. The lowest BCUT2D eigenvalue weighted by Gasteiger charge is -2.39. The molecule has 2 amide bonds. The van der Waals surface area contributed by atoms with Crippen LogP contribution in [0.5, 0.6) is 0 Å². The SMILES string of the molecule is CC1(CN2CCCNC2=O)CCCNC1. The number of rotatable bonds is 2. The Balaban J connectivity index is 1.91. The van der Waals surface area contributed by atoms with Gasteiger partial charge < -0.3 is 15.5 Å². The smallest absolute Gasteiger partial charge is 0.317 e. The lowest BCUT2D eigenvalue weighted by atomic mass is 9.82. The maximum absolute atomic E-state index is 11.6. The molecule has 2 saturated heterocycles. The van der Waals surface area contributed by atoms with Crippen molar-refractivity contribution in [3.8, 4) is 0 Å². The highest BCUT2D eigenvalue weighted by Gasteiger charge is 2.31. The Morgan fingerprint density at radius 2 is 2.27 bits per heavy atom. The lowest BCUT2D eigenvalue weighted by Crippen LogP contribution is -2.53. The topological polar surface area (TPSA) is 44.4 Å². The fraction of sp³-hybridized carbons (Fsp3) is 0.909. The van der Waals surface area contributed by atoms with Crippen LogP contribution in [0.25, 0.3) is 0 Å². The molecule has 2 heterocycles. The van der Waals surface area contributed by atoms with E-state index in [2.05, 4.69) is 17.6 Å². The summed E-state index contributed by atoms with van der Waals surface area (Å²) < 4.78 is 0. The van der Waals surface area contributed by atoms with Gasteiger partial charge in [0.25, 0.3) is 0 Å². The van der Waals surface area contributed by atoms with Crippen LogP contribution in [0, 0.1) is 5.41 Å². The quantitative estimate of drug-likeness (QED) is 0.709. The highest BCUT2D eigenvalue weighted by molar-refractivity contribution is 5.74. The fourth-order valence-corrected chi connectivity index (χ4v) is 2.54. The van der Waals surface area contributed by atoms with E-state index in [9.17, 15) is 4.79 Å². The van der Waals surface area contributed by atoms with Gasteiger partial charge in [0.15, 0.2) is 0 Å². The van der Waals surface area contributed by atoms with Gasteiger partial charge in [-0.2, -0.15) is 0 Å². The van der Waals surface area contributed by atoms with Gasteiger partial charge in [-0.05, 0) is 31.2 Å². The number of urea groups is 1. The molecule has 2 N–H and O–H groups in total. The van der Waals surface area contributed by atoms with Gasteiger partial charge in [0, 0.05) is 26.2 Å². The van der Waals surface area contributed by atoms with Crippen molar-refractivity contribution in [2.45, 2.75) is 26.2 Å². The number of carbonyl (C=O) groups excluding carboxylic acids is 1. The van der Waals surface area contributed by atoms with Crippen molar-refractivity contribution in [2.75, 3.05) is 32.7 Å². The number of carbonyl (C=O) groups is 1. The Morgan fingerprint density at radius 1 is 1.40 bits per heavy atom. The van der Waals surface area contributed by atoms with E-state index in [1.807, 2.05) is 4.90 Å². The summed E-state index contributed by atoms with van der Waals surface area (Å²) in [7, 11) is 0. The molecule has 4 heteroatoms. The van der Waals surface area contributed by atoms with E-state index in [0.717, 1.165) is 39.1 Å². The zero-order valence-electron chi connectivity index (χ0n) is 9.51. The first-order chi connectivity index (χ1) is 7.20. The number of nitrogens with zero attached hydrogens (tertiary/aromatic N) is 1. The number of hydrogen-bond acceptors (Lipinski definition) is 2. The number of hydrogen-bond donors (Lipinski definition) is 2. The van der Waals surface area contributed by atoms with E-state index in [4.69, 9.17) is 0 Å². The number of amides is 2. The van der Waals surface area contributed by atoms with E-state index >= 15 is 0 Å². The summed E-state index contributed by atoms with van der Waals surface area (Å²) in [6, 6.07) is 0.119. The molecular weight excluding hydrogens is 190 g/mol. The van der Waals surface area contributed by atoms with Gasteiger partial charge in [0.1, 0.15) is 0 Å². The zero-order chi connectivity index (χ0) is 10.7. The van der Waals surface area contributed by atoms with Crippen LogP contribution >= 0.6 is 0 Å². The van der Waals surface area contributed by atoms with Gasteiger partial charge in [0.05, 0.1) is 0 Å². The van der Waals surface area contributed by atoms with E-state index in [-0.39, 0.29) is 11.4 Å². The first-order valence-electron chi connectivity index (χ1n) is 5.93. The van der Waals surface area contributed by atoms with E-state index in [1.54, 1.807) is 0 Å². The molecule has 4 nitrogen and oxygen atoms in total. The molecule has 0 aliphatic carbocycles. The Morgan fingerprint density at radius 3 is 2.93 bits per heavy atom. The predicted octanol–water partition coefficient (Wildman–Crippen LogP) is 0.791. The molecule has 2 fully saturated rings. The normalized spacial score (nSPS) is 32.6. The third kappa shape index (κ3) is 2.62. The largest absolute Gasteiger partial charge is 0.338 e. The Labute approximate surface area is 91.4 Å². The van der Waals surface area contributed by atoms with Crippen molar-refractivity contribution in [1.82, 2.24) is 15.5 Å². The molecule has 0 aromatic rings. The van der Waals surface area contributed by atoms with Gasteiger partial charge in [-0.1, -0.05) is 6.92 Å².